The second kappa shape index (κ2) is 14.0. The maximum absolute atomic E-state index is 14.9. The molecule has 1 saturated heterocycles. The molecule has 3 aromatic carbocycles. The first kappa shape index (κ1) is 35.3. The number of alkyl halides is 2. The van der Waals surface area contributed by atoms with E-state index in [2.05, 4.69) is 0 Å². The summed E-state index contributed by atoms with van der Waals surface area (Å²) in [6.07, 6.45) is -2.35. The molecule has 50 heavy (non-hydrogen) atoms. The maximum Gasteiger partial charge on any atom is 0.482 e. The fourth-order valence-corrected chi connectivity index (χ4v) is 6.75. The molecule has 0 aromatic heterocycles. The Morgan fingerprint density at radius 1 is 1.02 bits per heavy atom. The Morgan fingerprint density at radius 2 is 1.78 bits per heavy atom. The van der Waals surface area contributed by atoms with Gasteiger partial charge in [0.2, 0.25) is 5.91 Å². The van der Waals surface area contributed by atoms with Gasteiger partial charge in [0, 0.05) is 50.6 Å². The van der Waals surface area contributed by atoms with Crippen molar-refractivity contribution < 1.29 is 41.8 Å². The summed E-state index contributed by atoms with van der Waals surface area (Å²) in [6.45, 7) is 5.99. The normalized spacial score (nSPS) is 20.2. The highest BCUT2D eigenvalue weighted by atomic mass is 19.3. The van der Waals surface area contributed by atoms with E-state index in [0.717, 1.165) is 23.3 Å². The number of likely N-dealkylation sites (tertiary alicyclic amines) is 1. The zero-order valence-corrected chi connectivity index (χ0v) is 28.7. The molecule has 2 fully saturated rings. The van der Waals surface area contributed by atoms with Gasteiger partial charge in [0.15, 0.2) is 5.75 Å². The van der Waals surface area contributed by atoms with Crippen molar-refractivity contribution >= 4 is 29.3 Å². The second-order valence-corrected chi connectivity index (χ2v) is 14.0. The topological polar surface area (TPSA) is 88.6 Å². The predicted molar refractivity (Wildman–Crippen MR) is 182 cm³/mol. The van der Waals surface area contributed by atoms with Crippen LogP contribution in [-0.2, 0) is 19.1 Å². The van der Waals surface area contributed by atoms with Gasteiger partial charge in [-0.1, -0.05) is 42.5 Å². The third-order valence-electron chi connectivity index (χ3n) is 9.20. The Kier molecular flexibility index (Phi) is 9.85. The lowest BCUT2D eigenvalue weighted by molar-refractivity contribution is -0.192. The Labute approximate surface area is 289 Å². The van der Waals surface area contributed by atoms with Crippen molar-refractivity contribution in [2.24, 2.45) is 5.92 Å². The molecule has 3 aliphatic rings. The number of amides is 3. The minimum Gasteiger partial charge on any atom is -0.444 e. The van der Waals surface area contributed by atoms with E-state index in [-0.39, 0.29) is 54.8 Å². The van der Waals surface area contributed by atoms with Gasteiger partial charge in [-0.3, -0.25) is 9.59 Å². The molecule has 6 rings (SSSR count). The fraction of sp³-hybridized carbons (Fsp3) is 0.447. The largest absolute Gasteiger partial charge is 0.482 e. The Bertz CT molecular complexity index is 1760. The summed E-state index contributed by atoms with van der Waals surface area (Å²) in [7, 11) is 1.49. The second-order valence-electron chi connectivity index (χ2n) is 14.0. The van der Waals surface area contributed by atoms with E-state index >= 15 is 0 Å². The lowest BCUT2D eigenvalue weighted by Crippen LogP contribution is -2.52. The molecule has 0 spiro atoms. The van der Waals surface area contributed by atoms with E-state index in [1.807, 2.05) is 24.3 Å². The molecule has 12 heteroatoms. The van der Waals surface area contributed by atoms with Crippen LogP contribution in [0.15, 0.2) is 66.7 Å². The van der Waals surface area contributed by atoms with Gasteiger partial charge < -0.3 is 28.9 Å². The van der Waals surface area contributed by atoms with Crippen molar-refractivity contribution in [1.29, 1.82) is 0 Å². The van der Waals surface area contributed by atoms with E-state index in [9.17, 15) is 27.6 Å². The number of methoxy groups -OCH3 is 1. The third-order valence-corrected chi connectivity index (χ3v) is 9.20. The number of benzene rings is 3. The summed E-state index contributed by atoms with van der Waals surface area (Å²) < 4.78 is 59.6. The smallest absolute Gasteiger partial charge is 0.444 e. The summed E-state index contributed by atoms with van der Waals surface area (Å²) in [5, 5.41) is 0. The van der Waals surface area contributed by atoms with Gasteiger partial charge in [-0.15, -0.1) is 0 Å². The van der Waals surface area contributed by atoms with Crippen LogP contribution in [0, 0.1) is 11.7 Å². The summed E-state index contributed by atoms with van der Waals surface area (Å²) in [6, 6.07) is 18.3. The van der Waals surface area contributed by atoms with E-state index in [1.54, 1.807) is 60.9 Å². The molecule has 266 valence electrons. The molecule has 1 saturated carbocycles. The van der Waals surface area contributed by atoms with Crippen LogP contribution in [0.3, 0.4) is 0 Å². The molecule has 3 aromatic rings. The fourth-order valence-electron chi connectivity index (χ4n) is 6.75. The number of hydrogen-bond donors (Lipinski definition) is 0. The van der Waals surface area contributed by atoms with Crippen LogP contribution >= 0.6 is 0 Å². The number of carbonyl (C=O) groups is 3. The van der Waals surface area contributed by atoms with Crippen molar-refractivity contribution in [3.8, 4) is 16.9 Å². The van der Waals surface area contributed by atoms with Crippen molar-refractivity contribution in [3.63, 3.8) is 0 Å². The van der Waals surface area contributed by atoms with Gasteiger partial charge in [0.25, 0.3) is 0 Å². The molecular formula is C38H42F3N3O6. The first-order valence-electron chi connectivity index (χ1n) is 16.9. The summed E-state index contributed by atoms with van der Waals surface area (Å²) in [5.41, 5.74) is 1.78. The van der Waals surface area contributed by atoms with Crippen LogP contribution in [0.1, 0.15) is 57.9 Å². The molecule has 0 N–H and O–H groups in total. The molecule has 3 amide bonds. The van der Waals surface area contributed by atoms with Crippen molar-refractivity contribution in [3.05, 3.63) is 78.1 Å². The van der Waals surface area contributed by atoms with E-state index in [0.29, 0.717) is 36.2 Å². The predicted octanol–water partition coefficient (Wildman–Crippen LogP) is 7.38. The van der Waals surface area contributed by atoms with Gasteiger partial charge in [0.05, 0.1) is 11.6 Å². The number of rotatable bonds is 9. The molecular weight excluding hydrogens is 651 g/mol. The summed E-state index contributed by atoms with van der Waals surface area (Å²) >= 11 is 0. The van der Waals surface area contributed by atoms with Crippen LogP contribution in [0.25, 0.3) is 11.1 Å². The molecule has 0 bridgehead atoms. The highest BCUT2D eigenvalue weighted by molar-refractivity contribution is 6.03. The number of hydrogen-bond acceptors (Lipinski definition) is 6. The van der Waals surface area contributed by atoms with Gasteiger partial charge >= 0.3 is 18.1 Å². The van der Waals surface area contributed by atoms with Crippen molar-refractivity contribution in [2.75, 3.05) is 43.2 Å². The Morgan fingerprint density at radius 3 is 2.48 bits per heavy atom. The van der Waals surface area contributed by atoms with Gasteiger partial charge in [-0.2, -0.15) is 8.78 Å². The monoisotopic (exact) mass is 693 g/mol. The Balaban J connectivity index is 1.37. The highest BCUT2D eigenvalue weighted by Gasteiger charge is 2.51. The molecule has 0 radical (unpaired) electrons. The van der Waals surface area contributed by atoms with Crippen molar-refractivity contribution in [1.82, 2.24) is 4.90 Å². The first-order valence-corrected chi connectivity index (χ1v) is 16.9. The standard InChI is InChI=1S/C38H42F3N3O6/c1-37(2,3)50-36(47)42-19-17-28(24-9-7-10-25(21-24)29-11-5-6-12-31(29)39)30(23-42)34(45)44(26-13-14-26)27-15-16-33-32(22-27)43(18-8-20-48-4)35(46)38(40,41)49-33/h5-7,9-12,15-16,21-22,26,28,30H,8,13-14,17-20,23H2,1-4H3/t28-,30+/m1/s1. The van der Waals surface area contributed by atoms with E-state index in [1.165, 1.54) is 19.2 Å². The number of nitrogens with zero attached hydrogens (tertiary/aromatic N) is 3. The van der Waals surface area contributed by atoms with Gasteiger partial charge in [0.1, 0.15) is 11.4 Å². The Hall–Kier alpha value is -4.58. The molecule has 2 aliphatic heterocycles. The van der Waals surface area contributed by atoms with Crippen LogP contribution in [0.2, 0.25) is 0 Å². The van der Waals surface area contributed by atoms with Crippen LogP contribution < -0.4 is 14.5 Å². The lowest BCUT2D eigenvalue weighted by atomic mass is 9.78. The summed E-state index contributed by atoms with van der Waals surface area (Å²) in [4.78, 5) is 45.2. The number of halogens is 3. The molecule has 2 heterocycles. The minimum absolute atomic E-state index is 0.0344. The lowest BCUT2D eigenvalue weighted by Gasteiger charge is -2.41. The van der Waals surface area contributed by atoms with Crippen molar-refractivity contribution in [2.45, 2.75) is 70.1 Å². The minimum atomic E-state index is -4.04. The number of carbonyl (C=O) groups excluding carboxylic acids is 3. The zero-order chi connectivity index (χ0) is 35.8. The van der Waals surface area contributed by atoms with Gasteiger partial charge in [-0.25, -0.2) is 9.18 Å². The van der Waals surface area contributed by atoms with E-state index < -0.39 is 29.6 Å². The molecule has 0 unspecified atom stereocenters. The average molecular weight is 694 g/mol. The number of anilines is 2. The van der Waals surface area contributed by atoms with Gasteiger partial charge in [-0.05, 0) is 87.8 Å². The number of ether oxygens (including phenoxy) is 3. The van der Waals surface area contributed by atoms with Crippen LogP contribution in [0.4, 0.5) is 29.3 Å². The highest BCUT2D eigenvalue weighted by Crippen LogP contribution is 2.45. The average Bonchev–Trinajstić information content (AvgIpc) is 3.91. The molecule has 1 aliphatic carbocycles. The van der Waals surface area contributed by atoms with Crippen LogP contribution in [0.5, 0.6) is 5.75 Å². The maximum atomic E-state index is 14.9. The van der Waals surface area contributed by atoms with E-state index in [4.69, 9.17) is 14.2 Å². The SMILES string of the molecule is COCCCN1C(=O)C(F)(F)Oc2ccc(N(C(=O)[C@H]3CN(C(=O)OC(C)(C)C)CC[C@@H]3c3cccc(-c4ccccc4F)c3)C3CC3)cc21. The zero-order valence-electron chi connectivity index (χ0n) is 28.7. The number of piperidine rings is 1. The number of fused-ring (bicyclic) bond motifs is 1. The van der Waals surface area contributed by atoms with Crippen LogP contribution in [-0.4, -0.2) is 73.9 Å². The molecule has 9 nitrogen and oxygen atoms in total. The quantitative estimate of drug-likeness (QED) is 0.218. The first-order chi connectivity index (χ1) is 23.8. The third kappa shape index (κ3) is 7.45. The molecule has 2 atom stereocenters. The summed E-state index contributed by atoms with van der Waals surface area (Å²) in [5.74, 6) is -3.32.